The maximum atomic E-state index is 5.50. The van der Waals surface area contributed by atoms with Gasteiger partial charge in [-0.25, -0.2) is 4.98 Å². The molecule has 0 fully saturated rings. The molecule has 0 amide bonds. The van der Waals surface area contributed by atoms with E-state index in [-0.39, 0.29) is 5.95 Å². The maximum absolute atomic E-state index is 5.50. The molecule has 2 aromatic heterocycles. The van der Waals surface area contributed by atoms with Crippen LogP contribution in [0.15, 0.2) is 30.5 Å². The van der Waals surface area contributed by atoms with Crippen molar-refractivity contribution in [1.29, 1.82) is 0 Å². The molecule has 5 nitrogen and oxygen atoms in total. The summed E-state index contributed by atoms with van der Waals surface area (Å²) in [4.78, 5) is 8.41. The maximum Gasteiger partial charge on any atom is 0.240 e. The smallest absolute Gasteiger partial charge is 0.240 e. The lowest BCUT2D eigenvalue weighted by Crippen LogP contribution is -1.98. The van der Waals surface area contributed by atoms with Crippen molar-refractivity contribution in [2.75, 3.05) is 5.73 Å². The summed E-state index contributed by atoms with van der Waals surface area (Å²) in [6.07, 6.45) is 1.72. The quantitative estimate of drug-likeness (QED) is 0.547. The molecule has 3 aromatic rings. The topological polar surface area (TPSA) is 77.6 Å². The number of hydrogen-bond acceptors (Lipinski definition) is 5. The molecule has 3 rings (SSSR count). The van der Waals surface area contributed by atoms with Gasteiger partial charge in [0.15, 0.2) is 0 Å². The van der Waals surface area contributed by atoms with Gasteiger partial charge < -0.3 is 5.73 Å². The second-order valence-electron chi connectivity index (χ2n) is 3.18. The molecular weight excluding hydrogens is 190 g/mol. The minimum Gasteiger partial charge on any atom is -0.366 e. The monoisotopic (exact) mass is 197 g/mol. The van der Waals surface area contributed by atoms with Gasteiger partial charge in [0.2, 0.25) is 5.95 Å². The van der Waals surface area contributed by atoms with Gasteiger partial charge in [-0.1, -0.05) is 12.1 Å². The van der Waals surface area contributed by atoms with Crippen LogP contribution in [-0.2, 0) is 0 Å². The molecular formula is C10H7N5. The van der Waals surface area contributed by atoms with E-state index in [2.05, 4.69) is 20.2 Å². The highest BCUT2D eigenvalue weighted by Gasteiger charge is 2.04. The highest BCUT2D eigenvalue weighted by molar-refractivity contribution is 6.00. The number of nitrogen functional groups attached to an aromatic ring is 1. The fourth-order valence-electron chi connectivity index (χ4n) is 1.55. The van der Waals surface area contributed by atoms with E-state index in [1.165, 1.54) is 0 Å². The van der Waals surface area contributed by atoms with E-state index in [1.807, 2.05) is 24.3 Å². The van der Waals surface area contributed by atoms with Crippen LogP contribution in [0.3, 0.4) is 0 Å². The molecule has 0 unspecified atom stereocenters. The van der Waals surface area contributed by atoms with Crippen LogP contribution in [0.25, 0.3) is 21.9 Å². The predicted octanol–water partition coefficient (Wildman–Crippen LogP) is 1.16. The van der Waals surface area contributed by atoms with Crippen LogP contribution < -0.4 is 5.73 Å². The number of rotatable bonds is 0. The Bertz CT molecular complexity index is 649. The molecule has 0 aliphatic carbocycles. The molecule has 72 valence electrons. The zero-order chi connectivity index (χ0) is 10.3. The van der Waals surface area contributed by atoms with Crippen molar-refractivity contribution < 1.29 is 0 Å². The third-order valence-electron chi connectivity index (χ3n) is 2.21. The number of aromatic nitrogens is 4. The van der Waals surface area contributed by atoms with Crippen molar-refractivity contribution in [3.05, 3.63) is 30.5 Å². The fraction of sp³-hybridized carbons (Fsp3) is 0. The number of pyridine rings is 1. The molecule has 0 spiro atoms. The first-order valence-corrected chi connectivity index (χ1v) is 4.48. The zero-order valence-electron chi connectivity index (χ0n) is 7.75. The van der Waals surface area contributed by atoms with Crippen LogP contribution in [-0.4, -0.2) is 20.2 Å². The lowest BCUT2D eigenvalue weighted by Gasteiger charge is -2.00. The molecule has 1 aromatic carbocycles. The van der Waals surface area contributed by atoms with Gasteiger partial charge in [-0.3, -0.25) is 4.98 Å². The SMILES string of the molecule is Nc1nnc2ccc3cccnc3c2n1. The average Bonchev–Trinajstić information content (AvgIpc) is 2.29. The van der Waals surface area contributed by atoms with Crippen LogP contribution >= 0.6 is 0 Å². The number of hydrogen-bond donors (Lipinski definition) is 1. The molecule has 0 atom stereocenters. The molecule has 0 bridgehead atoms. The lowest BCUT2D eigenvalue weighted by molar-refractivity contribution is 1.04. The van der Waals surface area contributed by atoms with Crippen molar-refractivity contribution in [3.8, 4) is 0 Å². The molecule has 15 heavy (non-hydrogen) atoms. The van der Waals surface area contributed by atoms with Crippen molar-refractivity contribution >= 4 is 27.9 Å². The third kappa shape index (κ3) is 1.17. The second kappa shape index (κ2) is 2.84. The van der Waals surface area contributed by atoms with E-state index < -0.39 is 0 Å². The summed E-state index contributed by atoms with van der Waals surface area (Å²) in [5, 5.41) is 8.67. The van der Waals surface area contributed by atoms with Gasteiger partial charge in [0.25, 0.3) is 0 Å². The Balaban J connectivity index is 2.57. The molecule has 0 aliphatic rings. The highest BCUT2D eigenvalue weighted by Crippen LogP contribution is 2.19. The number of fused-ring (bicyclic) bond motifs is 3. The van der Waals surface area contributed by atoms with Gasteiger partial charge in [0.1, 0.15) is 11.0 Å². The minimum absolute atomic E-state index is 0.167. The Labute approximate surface area is 85.0 Å². The van der Waals surface area contributed by atoms with Crippen LogP contribution in [0.2, 0.25) is 0 Å². The molecule has 0 radical (unpaired) electrons. The summed E-state index contributed by atoms with van der Waals surface area (Å²) >= 11 is 0. The van der Waals surface area contributed by atoms with Gasteiger partial charge in [-0.2, -0.15) is 0 Å². The van der Waals surface area contributed by atoms with E-state index >= 15 is 0 Å². The van der Waals surface area contributed by atoms with Crippen LogP contribution in [0.1, 0.15) is 0 Å². The summed E-state index contributed by atoms with van der Waals surface area (Å²) in [6.45, 7) is 0. The Morgan fingerprint density at radius 3 is 2.87 bits per heavy atom. The summed E-state index contributed by atoms with van der Waals surface area (Å²) in [5.74, 6) is 0.167. The standard InChI is InChI=1S/C10H7N5/c11-10-13-9-7(14-15-10)4-3-6-2-1-5-12-8(6)9/h1-5H,(H2,11,13,15). The normalized spacial score (nSPS) is 10.9. The number of benzene rings is 1. The Morgan fingerprint density at radius 2 is 1.93 bits per heavy atom. The molecule has 5 heteroatoms. The van der Waals surface area contributed by atoms with Crippen molar-refractivity contribution in [2.45, 2.75) is 0 Å². The molecule has 2 heterocycles. The van der Waals surface area contributed by atoms with E-state index in [1.54, 1.807) is 6.20 Å². The van der Waals surface area contributed by atoms with Gasteiger partial charge >= 0.3 is 0 Å². The summed E-state index contributed by atoms with van der Waals surface area (Å²) in [6, 6.07) is 7.65. The Morgan fingerprint density at radius 1 is 1.00 bits per heavy atom. The lowest BCUT2D eigenvalue weighted by atomic mass is 10.2. The third-order valence-corrected chi connectivity index (χ3v) is 2.21. The average molecular weight is 197 g/mol. The van der Waals surface area contributed by atoms with E-state index in [0.717, 1.165) is 10.9 Å². The fourth-order valence-corrected chi connectivity index (χ4v) is 1.55. The van der Waals surface area contributed by atoms with Crippen molar-refractivity contribution in [3.63, 3.8) is 0 Å². The first kappa shape index (κ1) is 8.05. The van der Waals surface area contributed by atoms with Gasteiger partial charge in [-0.05, 0) is 12.1 Å². The minimum atomic E-state index is 0.167. The van der Waals surface area contributed by atoms with E-state index in [4.69, 9.17) is 5.73 Å². The number of anilines is 1. The Hall–Kier alpha value is -2.30. The highest BCUT2D eigenvalue weighted by atomic mass is 15.2. The van der Waals surface area contributed by atoms with E-state index in [0.29, 0.717) is 11.0 Å². The first-order valence-electron chi connectivity index (χ1n) is 4.48. The number of nitrogens with zero attached hydrogens (tertiary/aromatic N) is 4. The second-order valence-corrected chi connectivity index (χ2v) is 3.18. The zero-order valence-corrected chi connectivity index (χ0v) is 7.75. The van der Waals surface area contributed by atoms with Gasteiger partial charge in [0, 0.05) is 11.6 Å². The van der Waals surface area contributed by atoms with E-state index in [9.17, 15) is 0 Å². The Kier molecular flexibility index (Phi) is 1.53. The van der Waals surface area contributed by atoms with Crippen LogP contribution in [0.5, 0.6) is 0 Å². The van der Waals surface area contributed by atoms with Crippen molar-refractivity contribution in [2.24, 2.45) is 0 Å². The van der Waals surface area contributed by atoms with Crippen LogP contribution in [0, 0.1) is 0 Å². The number of nitrogens with two attached hydrogens (primary N) is 1. The van der Waals surface area contributed by atoms with Gasteiger partial charge in [0.05, 0.1) is 5.52 Å². The largest absolute Gasteiger partial charge is 0.366 e. The van der Waals surface area contributed by atoms with Crippen molar-refractivity contribution in [1.82, 2.24) is 20.2 Å². The molecule has 0 saturated heterocycles. The molecule has 0 saturated carbocycles. The van der Waals surface area contributed by atoms with Gasteiger partial charge in [-0.15, -0.1) is 10.2 Å². The summed E-state index contributed by atoms with van der Waals surface area (Å²) in [5.41, 5.74) is 7.70. The molecule has 0 aliphatic heterocycles. The summed E-state index contributed by atoms with van der Waals surface area (Å²) < 4.78 is 0. The predicted molar refractivity (Wildman–Crippen MR) is 57.0 cm³/mol. The summed E-state index contributed by atoms with van der Waals surface area (Å²) in [7, 11) is 0. The van der Waals surface area contributed by atoms with Crippen LogP contribution in [0.4, 0.5) is 5.95 Å². The molecule has 2 N–H and O–H groups in total. The first-order chi connectivity index (χ1) is 7.34.